The lowest BCUT2D eigenvalue weighted by atomic mass is 9.77. The van der Waals surface area contributed by atoms with E-state index in [0.29, 0.717) is 0 Å². The third-order valence-electron chi connectivity index (χ3n) is 18.7. The maximum Gasteiger partial charge on any atom is -0.00201 e. The van der Waals surface area contributed by atoms with Crippen molar-refractivity contribution < 1.29 is 0 Å². The molecule has 0 radical (unpaired) electrons. The summed E-state index contributed by atoms with van der Waals surface area (Å²) >= 11 is 0. The molecule has 0 saturated carbocycles. The Kier molecular flexibility index (Phi) is 12.8. The fraction of sp³-hybridized carbons (Fsp3) is 0.238. The Morgan fingerprint density at radius 2 is 0.583 bits per heavy atom. The first-order valence-corrected chi connectivity index (χ1v) is 30.6. The summed E-state index contributed by atoms with van der Waals surface area (Å²) in [6.45, 7) is 36.7. The number of hydrogen-bond donors (Lipinski definition) is 0. The van der Waals surface area contributed by atoms with Crippen LogP contribution in [0.5, 0.6) is 0 Å². The van der Waals surface area contributed by atoms with Crippen LogP contribution in [0.3, 0.4) is 0 Å². The van der Waals surface area contributed by atoms with Crippen molar-refractivity contribution in [2.45, 2.75) is 132 Å². The molecule has 14 rings (SSSR count). The molecule has 0 spiro atoms. The van der Waals surface area contributed by atoms with E-state index in [1.807, 2.05) is 0 Å². The van der Waals surface area contributed by atoms with Gasteiger partial charge in [0.25, 0.3) is 0 Å². The van der Waals surface area contributed by atoms with Gasteiger partial charge < -0.3 is 0 Å². The van der Waals surface area contributed by atoms with Crippen molar-refractivity contribution in [3.63, 3.8) is 0 Å². The van der Waals surface area contributed by atoms with Crippen molar-refractivity contribution in [1.82, 2.24) is 0 Å². The smallest absolute Gasteiger partial charge is 0.00201 e. The van der Waals surface area contributed by atoms with Crippen LogP contribution in [0.4, 0.5) is 0 Å². The molecule has 0 saturated heterocycles. The zero-order valence-electron chi connectivity index (χ0n) is 52.5. The van der Waals surface area contributed by atoms with Crippen LogP contribution in [0.1, 0.15) is 128 Å². The van der Waals surface area contributed by atoms with Crippen molar-refractivity contribution in [3.05, 3.63) is 239 Å². The molecule has 0 heterocycles. The Bertz CT molecular complexity index is 4670. The third-order valence-corrected chi connectivity index (χ3v) is 18.7. The van der Waals surface area contributed by atoms with E-state index in [4.69, 9.17) is 0 Å². The van der Waals surface area contributed by atoms with Crippen molar-refractivity contribution >= 4 is 43.1 Å². The molecule has 2 aliphatic rings. The normalized spacial score (nSPS) is 12.8. The minimum Gasteiger partial charge on any atom is -0.0617 e. The van der Waals surface area contributed by atoms with E-state index in [2.05, 4.69) is 305 Å². The van der Waals surface area contributed by atoms with Crippen LogP contribution in [0.2, 0.25) is 0 Å². The molecule has 0 nitrogen and oxygen atoms in total. The van der Waals surface area contributed by atoms with Crippen LogP contribution in [0, 0.1) is 27.7 Å². The van der Waals surface area contributed by atoms with Crippen LogP contribution < -0.4 is 0 Å². The van der Waals surface area contributed by atoms with Gasteiger partial charge in [0.05, 0.1) is 0 Å². The zero-order valence-corrected chi connectivity index (χ0v) is 52.5. The van der Waals surface area contributed by atoms with E-state index >= 15 is 0 Å². The highest BCUT2D eigenvalue weighted by Crippen LogP contribution is 2.54. The van der Waals surface area contributed by atoms with Gasteiger partial charge >= 0.3 is 0 Å². The zero-order chi connectivity index (χ0) is 59.1. The minimum atomic E-state index is -0.0102. The molecule has 0 atom stereocenters. The second kappa shape index (κ2) is 19.6. The Morgan fingerprint density at radius 1 is 0.226 bits per heavy atom. The lowest BCUT2D eigenvalue weighted by molar-refractivity contribution is 0.590. The highest BCUT2D eigenvalue weighted by molar-refractivity contribution is 6.22. The predicted molar refractivity (Wildman–Crippen MR) is 367 cm³/mol. The molecule has 0 aliphatic heterocycles. The van der Waals surface area contributed by atoms with Crippen LogP contribution in [-0.2, 0) is 21.7 Å². The summed E-state index contributed by atoms with van der Waals surface area (Å²) in [6.07, 6.45) is 0. The minimum absolute atomic E-state index is 0.0000204. The summed E-state index contributed by atoms with van der Waals surface area (Å²) in [5.74, 6) is 0. The molecule has 0 fully saturated rings. The summed E-state index contributed by atoms with van der Waals surface area (Å²) in [7, 11) is 0. The van der Waals surface area contributed by atoms with E-state index in [9.17, 15) is 0 Å². The molecule has 0 amide bonds. The van der Waals surface area contributed by atoms with Crippen LogP contribution in [0.15, 0.2) is 194 Å². The summed E-state index contributed by atoms with van der Waals surface area (Å²) in [6, 6.07) is 74.4. The van der Waals surface area contributed by atoms with Gasteiger partial charge in [-0.25, -0.2) is 0 Å². The molecule has 0 bridgehead atoms. The first-order valence-electron chi connectivity index (χ1n) is 30.6. The molecule has 0 N–H and O–H groups in total. The molecule has 84 heavy (non-hydrogen) atoms. The summed E-state index contributed by atoms with van der Waals surface area (Å²) in [4.78, 5) is 0. The highest BCUT2D eigenvalue weighted by atomic mass is 14.3. The molecule has 0 heteroatoms. The second-order valence-electron chi connectivity index (χ2n) is 28.7. The fourth-order valence-electron chi connectivity index (χ4n) is 14.4. The van der Waals surface area contributed by atoms with Gasteiger partial charge in [0.15, 0.2) is 0 Å². The number of fused-ring (bicyclic) bond motifs is 8. The topological polar surface area (TPSA) is 0 Å². The monoisotopic (exact) mass is 1090 g/mol. The van der Waals surface area contributed by atoms with E-state index in [-0.39, 0.29) is 21.7 Å². The van der Waals surface area contributed by atoms with E-state index < -0.39 is 0 Å². The number of hydrogen-bond acceptors (Lipinski definition) is 0. The Hall–Kier alpha value is -8.32. The highest BCUT2D eigenvalue weighted by Gasteiger charge is 2.30. The molecule has 0 aromatic heterocycles. The van der Waals surface area contributed by atoms with Gasteiger partial charge in [-0.1, -0.05) is 265 Å². The number of rotatable bonds is 4. The molecule has 2 aliphatic carbocycles. The molecule has 0 unspecified atom stereocenters. The van der Waals surface area contributed by atoms with Crippen LogP contribution in [0.25, 0.3) is 132 Å². The molecule has 416 valence electrons. The van der Waals surface area contributed by atoms with Gasteiger partial charge in [0.1, 0.15) is 0 Å². The van der Waals surface area contributed by atoms with Crippen LogP contribution >= 0.6 is 0 Å². The number of benzene rings is 12. The third kappa shape index (κ3) is 9.02. The Morgan fingerprint density at radius 3 is 1.02 bits per heavy atom. The average molecular weight is 1090 g/mol. The lowest BCUT2D eigenvalue weighted by Crippen LogP contribution is -2.14. The molecular formula is C84H80. The van der Waals surface area contributed by atoms with E-state index in [1.165, 1.54) is 177 Å². The maximum atomic E-state index is 2.48. The van der Waals surface area contributed by atoms with Crippen molar-refractivity contribution in [2.75, 3.05) is 0 Å². The van der Waals surface area contributed by atoms with Gasteiger partial charge in [-0.05, 0) is 238 Å². The van der Waals surface area contributed by atoms with Gasteiger partial charge in [-0.2, -0.15) is 0 Å². The standard InChI is InChI=1S/C52H54.C32H26/c1-49(2,3)34-19-22-36-31(28-34)17-26-44(51(7,8)9)46(36)33-16-21-38-41-24-25-42(39-14-13-15-40(47(39)41)43(38)30-33)48-37-23-20-35(50(4,5)6)29-32(37)18-27-45(48)52(10,11)12;1-19-8-5-9-20(2)30(19)23-14-15-24-27-16-17-28(31-21(3)10-6-11-22(31)4)25-12-7-13-26(32(25)27)29(24)18-23/h13-30H,1-12H3;5-18H,1-4H3. The Labute approximate surface area is 500 Å². The lowest BCUT2D eigenvalue weighted by Gasteiger charge is -2.26. The number of aryl methyl sites for hydroxylation is 4. The quantitative estimate of drug-likeness (QED) is 0.165. The predicted octanol–water partition coefficient (Wildman–Crippen LogP) is 24.4. The second-order valence-corrected chi connectivity index (χ2v) is 28.7. The van der Waals surface area contributed by atoms with Crippen molar-refractivity contribution in [1.29, 1.82) is 0 Å². The fourth-order valence-corrected chi connectivity index (χ4v) is 14.4. The summed E-state index contributed by atoms with van der Waals surface area (Å²) in [5, 5.41) is 10.7. The SMILES string of the molecule is CC(C)(C)c1ccc2c(-c3ccc4c(c3)-c3cccc5c(-c6c(C(C)(C)C)ccc7cc(C(C)(C)C)ccc67)ccc-4c35)c(C(C)(C)C)ccc2c1.Cc1cccc(C)c1-c1ccc2c(c1)-c1cccc3c(-c4c(C)cccc4C)ccc-2c13. The van der Waals surface area contributed by atoms with E-state index in [1.54, 1.807) is 0 Å². The molecular weight excluding hydrogens is 1010 g/mol. The van der Waals surface area contributed by atoms with E-state index in [0.717, 1.165) is 0 Å². The first-order chi connectivity index (χ1) is 39.9. The summed E-state index contributed by atoms with van der Waals surface area (Å²) in [5.41, 5.74) is 32.5. The van der Waals surface area contributed by atoms with Gasteiger partial charge in [0, 0.05) is 0 Å². The van der Waals surface area contributed by atoms with Crippen molar-refractivity contribution in [2.24, 2.45) is 0 Å². The van der Waals surface area contributed by atoms with Crippen molar-refractivity contribution in [3.8, 4) is 89.0 Å². The average Bonchev–Trinajstić information content (AvgIpc) is 1.83. The first kappa shape index (κ1) is 54.9. The van der Waals surface area contributed by atoms with Gasteiger partial charge in [-0.3, -0.25) is 0 Å². The van der Waals surface area contributed by atoms with Gasteiger partial charge in [0.2, 0.25) is 0 Å². The summed E-state index contributed by atoms with van der Waals surface area (Å²) < 4.78 is 0. The molecule has 12 aromatic rings. The Balaban J connectivity index is 0.000000175. The van der Waals surface area contributed by atoms with Crippen LogP contribution in [-0.4, -0.2) is 0 Å². The molecule has 12 aromatic carbocycles. The largest absolute Gasteiger partial charge is 0.0617 e. The van der Waals surface area contributed by atoms with Gasteiger partial charge in [-0.15, -0.1) is 0 Å². The maximum absolute atomic E-state index is 2.48.